The number of aromatic nitrogens is 1. The summed E-state index contributed by atoms with van der Waals surface area (Å²) in [7, 11) is 1.52. The Bertz CT molecular complexity index is 314. The van der Waals surface area contributed by atoms with Gasteiger partial charge in [0.25, 0.3) is 0 Å². The standard InChI is InChI=1S/C7H8BrN3O/c1-12-4-2-3-11-6(5(4)9)7(8)10/h2-3,10H,9H2,1H3. The average Bonchev–Trinajstić information content (AvgIpc) is 2.04. The number of nitrogens with zero attached hydrogens (tertiary/aromatic N) is 1. The number of rotatable bonds is 2. The van der Waals surface area contributed by atoms with Crippen LogP contribution in [0.5, 0.6) is 5.75 Å². The van der Waals surface area contributed by atoms with Crippen LogP contribution >= 0.6 is 15.9 Å². The van der Waals surface area contributed by atoms with Gasteiger partial charge in [0.2, 0.25) is 0 Å². The summed E-state index contributed by atoms with van der Waals surface area (Å²) >= 11 is 2.98. The van der Waals surface area contributed by atoms with Gasteiger partial charge in [0, 0.05) is 12.3 Å². The van der Waals surface area contributed by atoms with Crippen molar-refractivity contribution in [1.82, 2.24) is 4.98 Å². The zero-order valence-corrected chi connectivity index (χ0v) is 8.05. The number of nitrogen functional groups attached to an aromatic ring is 1. The van der Waals surface area contributed by atoms with Crippen molar-refractivity contribution in [3.05, 3.63) is 18.0 Å². The van der Waals surface area contributed by atoms with Gasteiger partial charge in [-0.1, -0.05) is 0 Å². The second-order valence-corrected chi connectivity index (χ2v) is 2.88. The van der Waals surface area contributed by atoms with Crippen molar-refractivity contribution >= 4 is 26.2 Å². The molecule has 0 aromatic carbocycles. The highest BCUT2D eigenvalue weighted by atomic mass is 79.9. The molecule has 64 valence electrons. The second kappa shape index (κ2) is 3.53. The average molecular weight is 230 g/mol. The quantitative estimate of drug-likeness (QED) is 0.754. The van der Waals surface area contributed by atoms with Crippen LogP contribution in [0, 0.1) is 5.41 Å². The third-order valence-corrected chi connectivity index (χ3v) is 1.75. The van der Waals surface area contributed by atoms with Crippen LogP contribution in [0.25, 0.3) is 0 Å². The summed E-state index contributed by atoms with van der Waals surface area (Å²) in [5.41, 5.74) is 6.41. The molecular weight excluding hydrogens is 222 g/mol. The highest BCUT2D eigenvalue weighted by molar-refractivity contribution is 9.18. The highest BCUT2D eigenvalue weighted by Crippen LogP contribution is 2.23. The summed E-state index contributed by atoms with van der Waals surface area (Å²) in [6.45, 7) is 0. The van der Waals surface area contributed by atoms with Crippen molar-refractivity contribution in [3.8, 4) is 5.75 Å². The maximum atomic E-state index is 7.27. The van der Waals surface area contributed by atoms with Gasteiger partial charge in [0.1, 0.15) is 21.8 Å². The van der Waals surface area contributed by atoms with E-state index in [1.54, 1.807) is 12.3 Å². The first-order valence-electron chi connectivity index (χ1n) is 3.19. The fraction of sp³-hybridized carbons (Fsp3) is 0.143. The maximum Gasteiger partial charge on any atom is 0.145 e. The molecule has 0 aliphatic carbocycles. The van der Waals surface area contributed by atoms with Gasteiger partial charge in [0.05, 0.1) is 7.11 Å². The number of anilines is 1. The normalized spacial score (nSPS) is 9.50. The van der Waals surface area contributed by atoms with Crippen LogP contribution in [-0.2, 0) is 0 Å². The fourth-order valence-electron chi connectivity index (χ4n) is 0.808. The Morgan fingerprint density at radius 1 is 1.75 bits per heavy atom. The molecule has 0 aliphatic rings. The molecule has 0 spiro atoms. The fourth-order valence-corrected chi connectivity index (χ4v) is 1.12. The first-order valence-corrected chi connectivity index (χ1v) is 3.99. The minimum atomic E-state index is 0.152. The SMILES string of the molecule is COc1ccnc(C(=N)Br)c1N. The van der Waals surface area contributed by atoms with E-state index in [1.165, 1.54) is 7.11 Å². The van der Waals surface area contributed by atoms with Crippen molar-refractivity contribution in [2.45, 2.75) is 0 Å². The summed E-state index contributed by atoms with van der Waals surface area (Å²) in [5, 5.41) is 7.27. The molecule has 1 heterocycles. The molecule has 0 unspecified atom stereocenters. The third kappa shape index (κ3) is 1.55. The van der Waals surface area contributed by atoms with Gasteiger partial charge in [-0.25, -0.2) is 0 Å². The van der Waals surface area contributed by atoms with Crippen molar-refractivity contribution in [3.63, 3.8) is 0 Å². The van der Waals surface area contributed by atoms with E-state index in [2.05, 4.69) is 20.9 Å². The predicted octanol–water partition coefficient (Wildman–Crippen LogP) is 1.39. The molecule has 4 nitrogen and oxygen atoms in total. The molecule has 5 heteroatoms. The first kappa shape index (κ1) is 8.99. The molecule has 0 radical (unpaired) electrons. The molecule has 0 amide bonds. The van der Waals surface area contributed by atoms with Gasteiger partial charge < -0.3 is 10.5 Å². The molecule has 0 atom stereocenters. The zero-order chi connectivity index (χ0) is 9.14. The van der Waals surface area contributed by atoms with E-state index in [0.717, 1.165) is 0 Å². The van der Waals surface area contributed by atoms with E-state index in [0.29, 0.717) is 17.1 Å². The Labute approximate surface area is 78.4 Å². The molecular formula is C7H8BrN3O. The smallest absolute Gasteiger partial charge is 0.145 e. The largest absolute Gasteiger partial charge is 0.494 e. The molecule has 0 aliphatic heterocycles. The molecule has 0 fully saturated rings. The van der Waals surface area contributed by atoms with Crippen molar-refractivity contribution in [2.24, 2.45) is 0 Å². The van der Waals surface area contributed by atoms with Crippen molar-refractivity contribution in [1.29, 1.82) is 5.41 Å². The van der Waals surface area contributed by atoms with Crippen LogP contribution in [0.1, 0.15) is 5.69 Å². The van der Waals surface area contributed by atoms with Crippen LogP contribution in [0.2, 0.25) is 0 Å². The lowest BCUT2D eigenvalue weighted by Crippen LogP contribution is -2.02. The lowest BCUT2D eigenvalue weighted by molar-refractivity contribution is 0.416. The van der Waals surface area contributed by atoms with E-state index < -0.39 is 0 Å². The lowest BCUT2D eigenvalue weighted by Gasteiger charge is -2.06. The monoisotopic (exact) mass is 229 g/mol. The molecule has 1 aromatic heterocycles. The van der Waals surface area contributed by atoms with Gasteiger partial charge in [-0.05, 0) is 15.9 Å². The Balaban J connectivity index is 3.23. The minimum Gasteiger partial charge on any atom is -0.494 e. The predicted molar refractivity (Wildman–Crippen MR) is 51.0 cm³/mol. The van der Waals surface area contributed by atoms with Gasteiger partial charge in [-0.2, -0.15) is 0 Å². The summed E-state index contributed by atoms with van der Waals surface area (Å²) in [4.78, 5) is 3.91. The number of hydrogen-bond donors (Lipinski definition) is 2. The van der Waals surface area contributed by atoms with Gasteiger partial charge in [0.15, 0.2) is 0 Å². The topological polar surface area (TPSA) is 72.0 Å². The number of methoxy groups -OCH3 is 1. The van der Waals surface area contributed by atoms with E-state index in [9.17, 15) is 0 Å². The molecule has 0 saturated heterocycles. The molecule has 1 rings (SSSR count). The Morgan fingerprint density at radius 2 is 2.42 bits per heavy atom. The van der Waals surface area contributed by atoms with Crippen LogP contribution in [-0.4, -0.2) is 16.7 Å². The Kier molecular flexibility index (Phi) is 2.65. The van der Waals surface area contributed by atoms with Crippen LogP contribution in [0.4, 0.5) is 5.69 Å². The number of nitrogens with two attached hydrogens (primary N) is 1. The van der Waals surface area contributed by atoms with Gasteiger partial charge in [-0.3, -0.25) is 10.4 Å². The number of halogens is 1. The molecule has 1 aromatic rings. The summed E-state index contributed by atoms with van der Waals surface area (Å²) in [6, 6.07) is 1.65. The lowest BCUT2D eigenvalue weighted by atomic mass is 10.3. The van der Waals surface area contributed by atoms with Crippen LogP contribution in [0.3, 0.4) is 0 Å². The summed E-state index contributed by atoms with van der Waals surface area (Å²) in [5.74, 6) is 0.532. The van der Waals surface area contributed by atoms with Crippen molar-refractivity contribution in [2.75, 3.05) is 12.8 Å². The summed E-state index contributed by atoms with van der Waals surface area (Å²) < 4.78 is 5.11. The molecule has 0 bridgehead atoms. The molecule has 0 saturated carbocycles. The third-order valence-electron chi connectivity index (χ3n) is 1.38. The Morgan fingerprint density at radius 3 is 2.92 bits per heavy atom. The van der Waals surface area contributed by atoms with Crippen LogP contribution < -0.4 is 10.5 Å². The maximum absolute atomic E-state index is 7.27. The second-order valence-electron chi connectivity index (χ2n) is 2.09. The molecule has 12 heavy (non-hydrogen) atoms. The minimum absolute atomic E-state index is 0.152. The van der Waals surface area contributed by atoms with Gasteiger partial charge >= 0.3 is 0 Å². The van der Waals surface area contributed by atoms with E-state index in [1.807, 2.05) is 0 Å². The Hall–Kier alpha value is -1.10. The van der Waals surface area contributed by atoms with Crippen molar-refractivity contribution < 1.29 is 4.74 Å². The van der Waals surface area contributed by atoms with Crippen LogP contribution in [0.15, 0.2) is 12.3 Å². The number of pyridine rings is 1. The molecule has 3 N–H and O–H groups in total. The van der Waals surface area contributed by atoms with E-state index >= 15 is 0 Å². The first-order chi connectivity index (χ1) is 5.66. The highest BCUT2D eigenvalue weighted by Gasteiger charge is 2.08. The number of hydrogen-bond acceptors (Lipinski definition) is 4. The van der Waals surface area contributed by atoms with E-state index in [4.69, 9.17) is 15.9 Å². The van der Waals surface area contributed by atoms with Gasteiger partial charge in [-0.15, -0.1) is 0 Å². The summed E-state index contributed by atoms with van der Waals surface area (Å²) in [6.07, 6.45) is 1.54. The van der Waals surface area contributed by atoms with E-state index in [-0.39, 0.29) is 4.62 Å². The number of nitrogens with one attached hydrogen (secondary N) is 1. The zero-order valence-electron chi connectivity index (χ0n) is 6.47. The number of ether oxygens (including phenoxy) is 1.